The number of halogens is 1. The van der Waals surface area contributed by atoms with Gasteiger partial charge in [-0.25, -0.2) is 9.18 Å². The van der Waals surface area contributed by atoms with E-state index in [-0.39, 0.29) is 55.1 Å². The highest BCUT2D eigenvalue weighted by Gasteiger charge is 2.77. The lowest BCUT2D eigenvalue weighted by atomic mass is 9.44. The Balaban J connectivity index is 1.38. The Kier molecular flexibility index (Phi) is 11.7. The number of methoxy groups -OCH3 is 1. The molecule has 0 amide bonds. The largest absolute Gasteiger partial charge is 0.493 e. The zero-order chi connectivity index (χ0) is 39.6. The number of Topliss-reactive ketones (excluding diaryl/α,β-unsaturated/α-hetero) is 1. The molecule has 0 spiro atoms. The summed E-state index contributed by atoms with van der Waals surface area (Å²) in [6.45, 7) is 6.03. The molecule has 0 aromatic heterocycles. The second kappa shape index (κ2) is 15.6. The fourth-order valence-electron chi connectivity index (χ4n) is 9.68. The number of unbranched alkanes of at least 4 members (excludes halogenated alkanes) is 1. The maximum Gasteiger partial charge on any atom is 0.338 e. The normalized spacial score (nSPS) is 32.3. The standard InChI is InChI=1S/C39H48FNO13/c1-6-7-9-34(46)54-39(32(44)22-51-35(47)24-11-14-29(30(19-24)50-5)53-33(45)10-8-17-52-41(48)49)23(2)18-28-27-13-12-25-20-26(42)15-16-36(25,3)38(27,40)31(43)21-37(28,39)4/h11,14-16,19-20,23,27-28,31,43H,6-10,12-13,17-18,21-22H2,1-5H3/t23-,27?,28-,31-,36-,37-,38-,39-/m0/s1. The molecule has 8 atom stereocenters. The van der Waals surface area contributed by atoms with E-state index in [1.165, 1.54) is 37.5 Å². The molecule has 4 aliphatic rings. The molecule has 4 aliphatic carbocycles. The van der Waals surface area contributed by atoms with Crippen LogP contribution in [0.5, 0.6) is 11.5 Å². The smallest absolute Gasteiger partial charge is 0.338 e. The Bertz CT molecular complexity index is 1760. The minimum Gasteiger partial charge on any atom is -0.493 e. The number of hydrogen-bond acceptors (Lipinski definition) is 13. The van der Waals surface area contributed by atoms with Crippen molar-refractivity contribution in [2.75, 3.05) is 20.3 Å². The maximum absolute atomic E-state index is 17.8. The first-order valence-electron chi connectivity index (χ1n) is 18.4. The second-order valence-electron chi connectivity index (χ2n) is 15.2. The minimum atomic E-state index is -2.17. The van der Waals surface area contributed by atoms with E-state index in [0.717, 1.165) is 0 Å². The highest BCUT2D eigenvalue weighted by Crippen LogP contribution is 2.71. The van der Waals surface area contributed by atoms with Crippen molar-refractivity contribution < 1.29 is 62.3 Å². The van der Waals surface area contributed by atoms with Gasteiger partial charge in [0.2, 0.25) is 5.78 Å². The molecular formula is C39H48FNO13. The number of aliphatic hydroxyl groups excluding tert-OH is 1. The number of fused-ring (bicyclic) bond motifs is 5. The van der Waals surface area contributed by atoms with Gasteiger partial charge >= 0.3 is 17.9 Å². The number of carbonyl (C=O) groups is 5. The highest BCUT2D eigenvalue weighted by atomic mass is 19.1. The molecule has 0 heterocycles. The number of nitrogens with zero attached hydrogens (tertiary/aromatic N) is 1. The van der Waals surface area contributed by atoms with Gasteiger partial charge in [-0.2, -0.15) is 0 Å². The molecule has 1 aromatic carbocycles. The Morgan fingerprint density at radius 2 is 1.80 bits per heavy atom. The quantitative estimate of drug-likeness (QED) is 0.0786. The van der Waals surface area contributed by atoms with E-state index in [2.05, 4.69) is 4.84 Å². The first-order valence-corrected chi connectivity index (χ1v) is 18.4. The zero-order valence-electron chi connectivity index (χ0n) is 31.2. The number of alkyl halides is 1. The first-order chi connectivity index (χ1) is 25.5. The van der Waals surface area contributed by atoms with E-state index >= 15 is 4.39 Å². The number of aliphatic hydroxyl groups is 1. The lowest BCUT2D eigenvalue weighted by Crippen LogP contribution is -2.70. The van der Waals surface area contributed by atoms with E-state index < -0.39 is 81.3 Å². The molecule has 3 fully saturated rings. The average molecular weight is 758 g/mol. The number of rotatable bonds is 15. The van der Waals surface area contributed by atoms with Crippen molar-refractivity contribution in [3.8, 4) is 11.5 Å². The summed E-state index contributed by atoms with van der Waals surface area (Å²) in [6, 6.07) is 3.83. The number of benzene rings is 1. The Morgan fingerprint density at radius 1 is 1.07 bits per heavy atom. The summed E-state index contributed by atoms with van der Waals surface area (Å²) in [5.74, 6) is -5.12. The van der Waals surface area contributed by atoms with Crippen LogP contribution in [0.3, 0.4) is 0 Å². The van der Waals surface area contributed by atoms with Crippen LogP contribution in [0.15, 0.2) is 42.0 Å². The summed E-state index contributed by atoms with van der Waals surface area (Å²) < 4.78 is 40.1. The van der Waals surface area contributed by atoms with E-state index in [0.29, 0.717) is 37.7 Å². The van der Waals surface area contributed by atoms with Crippen LogP contribution in [0.2, 0.25) is 0 Å². The predicted octanol–water partition coefficient (Wildman–Crippen LogP) is 5.40. The Labute approximate surface area is 312 Å². The molecule has 1 unspecified atom stereocenters. The third kappa shape index (κ3) is 6.90. The van der Waals surface area contributed by atoms with Crippen LogP contribution in [-0.2, 0) is 33.5 Å². The third-order valence-corrected chi connectivity index (χ3v) is 12.3. The number of ether oxygens (including phenoxy) is 4. The van der Waals surface area contributed by atoms with Crippen LogP contribution < -0.4 is 9.47 Å². The van der Waals surface area contributed by atoms with Crippen LogP contribution in [0.25, 0.3) is 0 Å². The van der Waals surface area contributed by atoms with Gasteiger partial charge in [-0.1, -0.05) is 38.8 Å². The summed E-state index contributed by atoms with van der Waals surface area (Å²) in [5, 5.41) is 21.2. The van der Waals surface area contributed by atoms with Gasteiger partial charge in [-0.3, -0.25) is 19.2 Å². The number of ketones is 2. The van der Waals surface area contributed by atoms with Crippen molar-refractivity contribution in [3.63, 3.8) is 0 Å². The molecule has 54 heavy (non-hydrogen) atoms. The van der Waals surface area contributed by atoms with Gasteiger partial charge in [0.05, 0.1) is 25.4 Å². The predicted molar refractivity (Wildman–Crippen MR) is 187 cm³/mol. The SMILES string of the molecule is CCCCC(=O)O[C@]1(C(=O)COC(=O)c2ccc(OC(=O)CCCO[N+](=O)[O-])c(OC)c2)[C@@H](C)C[C@H]2C3CCC4=CC(=O)C=C[C@]4(C)[C@@]3(F)[C@@H](O)C[C@@]21C. The second-order valence-corrected chi connectivity index (χ2v) is 15.2. The summed E-state index contributed by atoms with van der Waals surface area (Å²) in [6.07, 6.45) is 4.64. The highest BCUT2D eigenvalue weighted by molar-refractivity contribution is 6.01. The molecule has 14 nitrogen and oxygen atoms in total. The van der Waals surface area contributed by atoms with E-state index in [1.807, 2.05) is 6.92 Å². The van der Waals surface area contributed by atoms with Gasteiger partial charge in [0.15, 0.2) is 35.2 Å². The Hall–Kier alpha value is -4.66. The summed E-state index contributed by atoms with van der Waals surface area (Å²) in [4.78, 5) is 80.3. The molecule has 0 saturated heterocycles. The van der Waals surface area contributed by atoms with Crippen molar-refractivity contribution in [2.24, 2.45) is 28.6 Å². The molecule has 0 bridgehead atoms. The molecular weight excluding hydrogens is 709 g/mol. The topological polar surface area (TPSA) is 195 Å². The van der Waals surface area contributed by atoms with E-state index in [9.17, 15) is 39.2 Å². The number of esters is 3. The van der Waals surface area contributed by atoms with Crippen molar-refractivity contribution in [3.05, 3.63) is 57.7 Å². The maximum atomic E-state index is 17.8. The van der Waals surface area contributed by atoms with Crippen LogP contribution >= 0.6 is 0 Å². The number of allylic oxidation sites excluding steroid dienone is 4. The molecule has 3 saturated carbocycles. The molecule has 15 heteroatoms. The molecule has 1 aromatic rings. The van der Waals surface area contributed by atoms with E-state index in [1.54, 1.807) is 26.8 Å². The Morgan fingerprint density at radius 3 is 2.48 bits per heavy atom. The fourth-order valence-corrected chi connectivity index (χ4v) is 9.68. The van der Waals surface area contributed by atoms with Crippen molar-refractivity contribution in [1.29, 1.82) is 0 Å². The lowest BCUT2D eigenvalue weighted by Gasteiger charge is -2.62. The van der Waals surface area contributed by atoms with Gasteiger partial charge in [0.1, 0.15) is 0 Å². The fraction of sp³-hybridized carbons (Fsp3) is 0.615. The summed E-state index contributed by atoms with van der Waals surface area (Å²) in [5.41, 5.74) is -5.95. The van der Waals surface area contributed by atoms with Gasteiger partial charge < -0.3 is 28.9 Å². The molecule has 5 rings (SSSR count). The average Bonchev–Trinajstić information content (AvgIpc) is 3.34. The van der Waals surface area contributed by atoms with Gasteiger partial charge in [-0.05, 0) is 81.7 Å². The molecule has 294 valence electrons. The van der Waals surface area contributed by atoms with Crippen LogP contribution in [0.4, 0.5) is 4.39 Å². The van der Waals surface area contributed by atoms with Gasteiger partial charge in [-0.15, -0.1) is 10.1 Å². The first kappa shape index (κ1) is 40.5. The summed E-state index contributed by atoms with van der Waals surface area (Å²) in [7, 11) is 1.28. The monoisotopic (exact) mass is 757 g/mol. The zero-order valence-corrected chi connectivity index (χ0v) is 31.2. The van der Waals surface area contributed by atoms with Crippen molar-refractivity contribution in [1.82, 2.24) is 0 Å². The lowest BCUT2D eigenvalue weighted by molar-refractivity contribution is -0.757. The molecule has 1 N–H and O–H groups in total. The van der Waals surface area contributed by atoms with Crippen LogP contribution in [0.1, 0.15) is 95.8 Å². The number of hydrogen-bond donors (Lipinski definition) is 1. The minimum absolute atomic E-state index is 0.00554. The van der Waals surface area contributed by atoms with Crippen molar-refractivity contribution in [2.45, 2.75) is 103 Å². The molecule has 0 radical (unpaired) electrons. The van der Waals surface area contributed by atoms with Crippen LogP contribution in [-0.4, -0.2) is 77.4 Å². The van der Waals surface area contributed by atoms with Crippen LogP contribution in [0, 0.1) is 38.7 Å². The van der Waals surface area contributed by atoms with Gasteiger partial charge in [0, 0.05) is 35.5 Å². The van der Waals surface area contributed by atoms with E-state index in [4.69, 9.17) is 18.9 Å². The van der Waals surface area contributed by atoms with Crippen molar-refractivity contribution >= 4 is 29.5 Å². The van der Waals surface area contributed by atoms with Gasteiger partial charge in [0.25, 0.3) is 5.09 Å². The number of carbonyl (C=O) groups excluding carboxylic acids is 5. The molecule has 0 aliphatic heterocycles. The summed E-state index contributed by atoms with van der Waals surface area (Å²) >= 11 is 0. The third-order valence-electron chi connectivity index (χ3n) is 12.3.